The molecule has 2 saturated heterocycles. The van der Waals surface area contributed by atoms with Gasteiger partial charge in [-0.1, -0.05) is 5.21 Å². The molecule has 2 fully saturated rings. The SMILES string of the molecule is CC(=O)NC[C@H]1CN(c2ccc(N3CCC(n4cc(C(F)F)nn4)CC3)c(F)c2)C(=O)O1. The lowest BCUT2D eigenvalue weighted by atomic mass is 10.0. The summed E-state index contributed by atoms with van der Waals surface area (Å²) in [5, 5.41) is 9.87. The first-order valence-electron chi connectivity index (χ1n) is 10.3. The fourth-order valence-electron chi connectivity index (χ4n) is 3.96. The number of rotatable bonds is 6. The van der Waals surface area contributed by atoms with Gasteiger partial charge in [-0.15, -0.1) is 5.10 Å². The number of piperidine rings is 1. The van der Waals surface area contributed by atoms with Crippen LogP contribution in [0.25, 0.3) is 0 Å². The van der Waals surface area contributed by atoms with Gasteiger partial charge in [0.1, 0.15) is 17.6 Å². The Bertz CT molecular complexity index is 993. The fraction of sp³-hybridized carbons (Fsp3) is 0.500. The predicted molar refractivity (Wildman–Crippen MR) is 108 cm³/mol. The van der Waals surface area contributed by atoms with Gasteiger partial charge in [-0.25, -0.2) is 22.6 Å². The van der Waals surface area contributed by atoms with E-state index in [1.165, 1.54) is 28.8 Å². The molecule has 0 aliphatic carbocycles. The summed E-state index contributed by atoms with van der Waals surface area (Å²) in [7, 11) is 0. The van der Waals surface area contributed by atoms with Gasteiger partial charge in [0.25, 0.3) is 6.43 Å². The Balaban J connectivity index is 1.37. The number of halogens is 3. The number of amides is 2. The summed E-state index contributed by atoms with van der Waals surface area (Å²) in [5.74, 6) is -0.697. The van der Waals surface area contributed by atoms with Crippen LogP contribution in [-0.4, -0.2) is 59.3 Å². The lowest BCUT2D eigenvalue weighted by Gasteiger charge is -2.33. The van der Waals surface area contributed by atoms with E-state index < -0.39 is 24.4 Å². The molecule has 3 heterocycles. The topological polar surface area (TPSA) is 92.6 Å². The van der Waals surface area contributed by atoms with E-state index in [-0.39, 0.29) is 30.7 Å². The number of nitrogens with one attached hydrogen (secondary N) is 1. The quantitative estimate of drug-likeness (QED) is 0.725. The molecule has 1 atom stereocenters. The fourth-order valence-corrected chi connectivity index (χ4v) is 3.96. The maximum atomic E-state index is 14.9. The first kappa shape index (κ1) is 21.9. The van der Waals surface area contributed by atoms with Crippen LogP contribution in [0.3, 0.4) is 0 Å². The number of aromatic nitrogens is 3. The summed E-state index contributed by atoms with van der Waals surface area (Å²) in [4.78, 5) is 26.4. The Morgan fingerprint density at radius 1 is 1.31 bits per heavy atom. The van der Waals surface area contributed by atoms with Crippen molar-refractivity contribution in [2.24, 2.45) is 0 Å². The summed E-state index contributed by atoms with van der Waals surface area (Å²) >= 11 is 0. The monoisotopic (exact) mass is 452 g/mol. The highest BCUT2D eigenvalue weighted by molar-refractivity contribution is 5.90. The van der Waals surface area contributed by atoms with Crippen LogP contribution in [0.4, 0.5) is 29.3 Å². The van der Waals surface area contributed by atoms with Crippen molar-refractivity contribution >= 4 is 23.4 Å². The van der Waals surface area contributed by atoms with Gasteiger partial charge >= 0.3 is 6.09 Å². The van der Waals surface area contributed by atoms with Crippen molar-refractivity contribution in [3.63, 3.8) is 0 Å². The Kier molecular flexibility index (Phi) is 6.19. The van der Waals surface area contributed by atoms with E-state index in [4.69, 9.17) is 4.74 Å². The van der Waals surface area contributed by atoms with Gasteiger partial charge in [0, 0.05) is 20.0 Å². The molecule has 2 amide bonds. The minimum absolute atomic E-state index is 0.0755. The Hall–Kier alpha value is -3.31. The van der Waals surface area contributed by atoms with Crippen molar-refractivity contribution in [2.45, 2.75) is 38.3 Å². The minimum Gasteiger partial charge on any atom is -0.442 e. The van der Waals surface area contributed by atoms with E-state index in [9.17, 15) is 22.8 Å². The molecule has 1 aromatic heterocycles. The second-order valence-electron chi connectivity index (χ2n) is 7.83. The van der Waals surface area contributed by atoms with E-state index in [0.29, 0.717) is 37.3 Å². The lowest BCUT2D eigenvalue weighted by molar-refractivity contribution is -0.119. The van der Waals surface area contributed by atoms with Crippen molar-refractivity contribution < 1.29 is 27.5 Å². The normalized spacial score (nSPS) is 19.5. The molecule has 1 N–H and O–H groups in total. The highest BCUT2D eigenvalue weighted by atomic mass is 19.3. The van der Waals surface area contributed by atoms with Crippen LogP contribution in [0, 0.1) is 5.82 Å². The van der Waals surface area contributed by atoms with Crippen LogP contribution in [0.15, 0.2) is 24.4 Å². The number of carbonyl (C=O) groups excluding carboxylic acids is 2. The molecule has 0 saturated carbocycles. The van der Waals surface area contributed by atoms with E-state index in [1.807, 2.05) is 4.90 Å². The maximum Gasteiger partial charge on any atom is 0.414 e. The molecule has 0 bridgehead atoms. The zero-order chi connectivity index (χ0) is 22.8. The third kappa shape index (κ3) is 4.63. The zero-order valence-corrected chi connectivity index (χ0v) is 17.4. The molecule has 0 radical (unpaired) electrons. The zero-order valence-electron chi connectivity index (χ0n) is 17.4. The number of carbonyl (C=O) groups is 2. The van der Waals surface area contributed by atoms with Crippen molar-refractivity contribution in [3.05, 3.63) is 35.9 Å². The average Bonchev–Trinajstić information content (AvgIpc) is 3.39. The average molecular weight is 452 g/mol. The molecule has 0 spiro atoms. The van der Waals surface area contributed by atoms with Gasteiger partial charge in [0.2, 0.25) is 5.91 Å². The Labute approximate surface area is 182 Å². The van der Waals surface area contributed by atoms with Crippen LogP contribution >= 0.6 is 0 Å². The summed E-state index contributed by atoms with van der Waals surface area (Å²) in [6, 6.07) is 4.48. The molecule has 2 aromatic rings. The highest BCUT2D eigenvalue weighted by Gasteiger charge is 2.33. The van der Waals surface area contributed by atoms with E-state index in [2.05, 4.69) is 15.6 Å². The first-order chi connectivity index (χ1) is 15.3. The molecular weight excluding hydrogens is 429 g/mol. The van der Waals surface area contributed by atoms with E-state index in [1.54, 1.807) is 12.1 Å². The van der Waals surface area contributed by atoms with Crippen LogP contribution in [0.2, 0.25) is 0 Å². The third-order valence-corrected chi connectivity index (χ3v) is 5.63. The number of anilines is 2. The number of ether oxygens (including phenoxy) is 1. The highest BCUT2D eigenvalue weighted by Crippen LogP contribution is 2.31. The number of hydrogen-bond donors (Lipinski definition) is 1. The summed E-state index contributed by atoms with van der Waals surface area (Å²) in [6.07, 6.45) is -1.29. The number of benzene rings is 1. The summed E-state index contributed by atoms with van der Waals surface area (Å²) in [6.45, 7) is 2.82. The van der Waals surface area contributed by atoms with Gasteiger partial charge < -0.3 is 15.0 Å². The summed E-state index contributed by atoms with van der Waals surface area (Å²) < 4.78 is 47.0. The number of hydrogen-bond acceptors (Lipinski definition) is 6. The standard InChI is InChI=1S/C20H23F3N6O3/c1-12(30)24-9-15-10-28(20(31)32-15)14-2-3-18(16(21)8-14)27-6-4-13(5-7-27)29-11-17(19(22)23)25-26-29/h2-3,8,11,13,15,19H,4-7,9-10H2,1H3,(H,24,30)/t15-/m0/s1. The third-order valence-electron chi connectivity index (χ3n) is 5.63. The van der Waals surface area contributed by atoms with Gasteiger partial charge in [-0.3, -0.25) is 9.69 Å². The number of nitrogens with zero attached hydrogens (tertiary/aromatic N) is 5. The molecule has 9 nitrogen and oxygen atoms in total. The minimum atomic E-state index is -2.66. The number of cyclic esters (lactones) is 1. The molecule has 32 heavy (non-hydrogen) atoms. The van der Waals surface area contributed by atoms with Crippen molar-refractivity contribution in [1.82, 2.24) is 20.3 Å². The number of alkyl halides is 2. The van der Waals surface area contributed by atoms with E-state index >= 15 is 0 Å². The van der Waals surface area contributed by atoms with Crippen LogP contribution < -0.4 is 15.1 Å². The van der Waals surface area contributed by atoms with E-state index in [0.717, 1.165) is 0 Å². The van der Waals surface area contributed by atoms with Gasteiger partial charge in [-0.2, -0.15) is 0 Å². The van der Waals surface area contributed by atoms with Crippen molar-refractivity contribution in [2.75, 3.05) is 36.0 Å². The molecule has 172 valence electrons. The largest absolute Gasteiger partial charge is 0.442 e. The first-order valence-corrected chi connectivity index (χ1v) is 10.3. The second kappa shape index (κ2) is 9.05. The van der Waals surface area contributed by atoms with Gasteiger partial charge in [0.15, 0.2) is 0 Å². The molecular formula is C20H23F3N6O3. The van der Waals surface area contributed by atoms with Crippen molar-refractivity contribution in [3.8, 4) is 0 Å². The van der Waals surface area contributed by atoms with Crippen LogP contribution in [0.1, 0.15) is 37.9 Å². The Morgan fingerprint density at radius 3 is 2.69 bits per heavy atom. The molecule has 2 aliphatic rings. The lowest BCUT2D eigenvalue weighted by Crippen LogP contribution is -2.35. The summed E-state index contributed by atoms with van der Waals surface area (Å²) in [5.41, 5.74) is 0.425. The van der Waals surface area contributed by atoms with Crippen LogP contribution in [-0.2, 0) is 9.53 Å². The Morgan fingerprint density at radius 2 is 2.06 bits per heavy atom. The molecule has 1 aromatic carbocycles. The molecule has 2 aliphatic heterocycles. The molecule has 0 unspecified atom stereocenters. The molecule has 4 rings (SSSR count). The van der Waals surface area contributed by atoms with Crippen molar-refractivity contribution in [1.29, 1.82) is 0 Å². The second-order valence-corrected chi connectivity index (χ2v) is 7.83. The smallest absolute Gasteiger partial charge is 0.414 e. The maximum absolute atomic E-state index is 14.9. The van der Waals surface area contributed by atoms with Crippen LogP contribution in [0.5, 0.6) is 0 Å². The van der Waals surface area contributed by atoms with Gasteiger partial charge in [0.05, 0.1) is 36.7 Å². The van der Waals surface area contributed by atoms with Gasteiger partial charge in [-0.05, 0) is 31.0 Å². The predicted octanol–water partition coefficient (Wildman–Crippen LogP) is 2.66. The molecule has 12 heteroatoms.